The molecule has 4 nitrogen and oxygen atoms in total. The Hall–Kier alpha value is -1.26. The largest absolute Gasteiger partial charge is 0.493 e. The van der Waals surface area contributed by atoms with Gasteiger partial charge in [-0.15, -0.1) is 0 Å². The summed E-state index contributed by atoms with van der Waals surface area (Å²) in [4.78, 5) is 0. The molecule has 1 fully saturated rings. The fraction of sp³-hybridized carbons (Fsp3) is 0.571. The molecule has 3 unspecified atom stereocenters. The quantitative estimate of drug-likeness (QED) is 0.865. The van der Waals surface area contributed by atoms with Gasteiger partial charge in [0.2, 0.25) is 0 Å². The minimum atomic E-state index is 0.0871. The summed E-state index contributed by atoms with van der Waals surface area (Å²) in [5.41, 5.74) is 1.16. The summed E-state index contributed by atoms with van der Waals surface area (Å²) in [5.74, 6) is 1.56. The predicted octanol–water partition coefficient (Wildman–Crippen LogP) is 1.76. The van der Waals surface area contributed by atoms with Gasteiger partial charge < -0.3 is 19.5 Å². The molecule has 1 aliphatic rings. The van der Waals surface area contributed by atoms with Crippen LogP contribution in [0.15, 0.2) is 18.2 Å². The molecule has 1 aliphatic carbocycles. The van der Waals surface area contributed by atoms with Crippen LogP contribution in [0.4, 0.5) is 0 Å². The van der Waals surface area contributed by atoms with Crippen molar-refractivity contribution in [3.63, 3.8) is 0 Å². The first-order valence-electron chi connectivity index (χ1n) is 6.21. The van der Waals surface area contributed by atoms with Gasteiger partial charge in [0.25, 0.3) is 0 Å². The van der Waals surface area contributed by atoms with Crippen LogP contribution in [-0.2, 0) is 4.74 Å². The third-order valence-electron chi connectivity index (χ3n) is 3.49. The van der Waals surface area contributed by atoms with E-state index in [1.54, 1.807) is 14.2 Å². The first-order chi connectivity index (χ1) is 8.69. The van der Waals surface area contributed by atoms with Gasteiger partial charge in [-0.3, -0.25) is 0 Å². The van der Waals surface area contributed by atoms with Crippen molar-refractivity contribution < 1.29 is 14.2 Å². The Labute approximate surface area is 108 Å². The number of likely N-dealkylation sites (N-methyl/N-ethyl adjacent to an activating group) is 1. The number of benzene rings is 1. The normalized spacial score (nSPS) is 26.6. The highest BCUT2D eigenvalue weighted by molar-refractivity contribution is 5.42. The van der Waals surface area contributed by atoms with Gasteiger partial charge in [-0.25, -0.2) is 0 Å². The zero-order valence-corrected chi connectivity index (χ0v) is 11.4. The van der Waals surface area contributed by atoms with Crippen molar-refractivity contribution in [2.24, 2.45) is 0 Å². The van der Waals surface area contributed by atoms with Crippen molar-refractivity contribution in [1.82, 2.24) is 5.32 Å². The van der Waals surface area contributed by atoms with E-state index >= 15 is 0 Å². The van der Waals surface area contributed by atoms with Gasteiger partial charge in [-0.1, -0.05) is 6.07 Å². The zero-order chi connectivity index (χ0) is 13.1. The summed E-state index contributed by atoms with van der Waals surface area (Å²) in [7, 11) is 5.32. The SMILES string of the molecule is CNC1CC(Oc2ccc(C)cc2OC)C1OC. The molecule has 2 rings (SSSR count). The molecule has 0 amide bonds. The van der Waals surface area contributed by atoms with Crippen molar-refractivity contribution in [3.8, 4) is 11.5 Å². The van der Waals surface area contributed by atoms with E-state index in [-0.39, 0.29) is 12.2 Å². The summed E-state index contributed by atoms with van der Waals surface area (Å²) < 4.78 is 16.8. The van der Waals surface area contributed by atoms with Crippen molar-refractivity contribution in [2.45, 2.75) is 31.6 Å². The van der Waals surface area contributed by atoms with Crippen LogP contribution in [0.5, 0.6) is 11.5 Å². The van der Waals surface area contributed by atoms with E-state index < -0.39 is 0 Å². The van der Waals surface area contributed by atoms with E-state index in [2.05, 4.69) is 5.32 Å². The van der Waals surface area contributed by atoms with Crippen molar-refractivity contribution >= 4 is 0 Å². The monoisotopic (exact) mass is 251 g/mol. The molecular formula is C14H21NO3. The maximum Gasteiger partial charge on any atom is 0.161 e. The van der Waals surface area contributed by atoms with Gasteiger partial charge in [-0.05, 0) is 31.7 Å². The molecule has 0 spiro atoms. The van der Waals surface area contributed by atoms with Gasteiger partial charge in [-0.2, -0.15) is 0 Å². The summed E-state index contributed by atoms with van der Waals surface area (Å²) in [6, 6.07) is 6.32. The lowest BCUT2D eigenvalue weighted by atomic mass is 9.85. The number of hydrogen-bond donors (Lipinski definition) is 1. The maximum absolute atomic E-state index is 5.97. The van der Waals surface area contributed by atoms with E-state index in [0.29, 0.717) is 6.04 Å². The lowest BCUT2D eigenvalue weighted by Gasteiger charge is -2.43. The van der Waals surface area contributed by atoms with Crippen LogP contribution in [0, 0.1) is 6.92 Å². The fourth-order valence-corrected chi connectivity index (χ4v) is 2.33. The molecule has 1 aromatic carbocycles. The molecule has 1 saturated carbocycles. The van der Waals surface area contributed by atoms with Gasteiger partial charge in [0.15, 0.2) is 11.5 Å². The molecule has 0 bridgehead atoms. The molecule has 0 heterocycles. The van der Waals surface area contributed by atoms with E-state index in [1.165, 1.54) is 0 Å². The molecule has 1 N–H and O–H groups in total. The van der Waals surface area contributed by atoms with Crippen LogP contribution >= 0.6 is 0 Å². The highest BCUT2D eigenvalue weighted by atomic mass is 16.6. The van der Waals surface area contributed by atoms with Gasteiger partial charge in [0.05, 0.1) is 7.11 Å². The Morgan fingerprint density at radius 1 is 1.22 bits per heavy atom. The van der Waals surface area contributed by atoms with Crippen molar-refractivity contribution in [1.29, 1.82) is 0 Å². The predicted molar refractivity (Wildman–Crippen MR) is 70.4 cm³/mol. The minimum Gasteiger partial charge on any atom is -0.493 e. The summed E-state index contributed by atoms with van der Waals surface area (Å²) in [6.45, 7) is 2.03. The Morgan fingerprint density at radius 2 is 2.00 bits per heavy atom. The molecule has 0 saturated heterocycles. The van der Waals surface area contributed by atoms with Gasteiger partial charge in [0, 0.05) is 19.6 Å². The molecule has 0 aliphatic heterocycles. The highest BCUT2D eigenvalue weighted by Gasteiger charge is 2.42. The molecular weight excluding hydrogens is 230 g/mol. The molecule has 3 atom stereocenters. The Bertz CT molecular complexity index is 408. The lowest BCUT2D eigenvalue weighted by molar-refractivity contribution is -0.0875. The highest BCUT2D eigenvalue weighted by Crippen LogP contribution is 2.34. The first-order valence-corrected chi connectivity index (χ1v) is 6.21. The summed E-state index contributed by atoms with van der Waals surface area (Å²) >= 11 is 0. The topological polar surface area (TPSA) is 39.7 Å². The third kappa shape index (κ3) is 2.44. The number of hydrogen-bond acceptors (Lipinski definition) is 4. The van der Waals surface area contributed by atoms with Crippen LogP contribution in [0.1, 0.15) is 12.0 Å². The average molecular weight is 251 g/mol. The molecule has 18 heavy (non-hydrogen) atoms. The molecule has 0 radical (unpaired) electrons. The Balaban J connectivity index is 2.06. The van der Waals surface area contributed by atoms with Crippen LogP contribution in [0.25, 0.3) is 0 Å². The van der Waals surface area contributed by atoms with Crippen LogP contribution < -0.4 is 14.8 Å². The van der Waals surface area contributed by atoms with E-state index in [4.69, 9.17) is 14.2 Å². The van der Waals surface area contributed by atoms with E-state index in [0.717, 1.165) is 23.5 Å². The number of ether oxygens (including phenoxy) is 3. The second-order valence-electron chi connectivity index (χ2n) is 4.64. The second kappa shape index (κ2) is 5.59. The molecule has 0 aromatic heterocycles. The minimum absolute atomic E-state index is 0.0871. The number of nitrogens with one attached hydrogen (secondary N) is 1. The van der Waals surface area contributed by atoms with Crippen LogP contribution in [-0.4, -0.2) is 39.5 Å². The van der Waals surface area contributed by atoms with Crippen LogP contribution in [0.2, 0.25) is 0 Å². The molecule has 1 aromatic rings. The average Bonchev–Trinajstić information content (AvgIpc) is 2.35. The zero-order valence-electron chi connectivity index (χ0n) is 11.4. The number of aryl methyl sites for hydroxylation is 1. The second-order valence-corrected chi connectivity index (χ2v) is 4.64. The van der Waals surface area contributed by atoms with Gasteiger partial charge in [0.1, 0.15) is 12.2 Å². The fourth-order valence-electron chi connectivity index (χ4n) is 2.33. The van der Waals surface area contributed by atoms with Crippen molar-refractivity contribution in [3.05, 3.63) is 23.8 Å². The molecule has 4 heteroatoms. The summed E-state index contributed by atoms with van der Waals surface area (Å²) in [6.07, 6.45) is 1.14. The standard InChI is InChI=1S/C14H21NO3/c1-9-5-6-11(12(7-9)16-3)18-13-8-10(15-2)14(13)17-4/h5-7,10,13-15H,8H2,1-4H3. The Morgan fingerprint density at radius 3 is 2.61 bits per heavy atom. The smallest absolute Gasteiger partial charge is 0.161 e. The van der Waals surface area contributed by atoms with Crippen molar-refractivity contribution in [2.75, 3.05) is 21.3 Å². The third-order valence-corrected chi connectivity index (χ3v) is 3.49. The van der Waals surface area contributed by atoms with E-state index in [1.807, 2.05) is 32.2 Å². The lowest BCUT2D eigenvalue weighted by Crippen LogP contribution is -2.60. The number of rotatable bonds is 5. The number of methoxy groups -OCH3 is 2. The van der Waals surface area contributed by atoms with Crippen LogP contribution in [0.3, 0.4) is 0 Å². The first kappa shape index (κ1) is 13.2. The molecule has 100 valence electrons. The summed E-state index contributed by atoms with van der Waals surface area (Å²) in [5, 5.41) is 3.22. The van der Waals surface area contributed by atoms with E-state index in [9.17, 15) is 0 Å². The maximum atomic E-state index is 5.97. The Kier molecular flexibility index (Phi) is 4.09. The van der Waals surface area contributed by atoms with Gasteiger partial charge >= 0.3 is 0 Å².